The van der Waals surface area contributed by atoms with Gasteiger partial charge in [-0.15, -0.1) is 0 Å². The largest absolute Gasteiger partial charge is 0.411 e. The number of hydrogen-bond acceptors (Lipinski definition) is 6. The smallest absolute Gasteiger partial charge is 0.208 e. The van der Waals surface area contributed by atoms with E-state index in [9.17, 15) is 0 Å². The second kappa shape index (κ2) is 21.6. The first-order chi connectivity index (χ1) is 39.4. The fourth-order valence-electron chi connectivity index (χ4n) is 10.1. The summed E-state index contributed by atoms with van der Waals surface area (Å²) in [5, 5.41) is 0. The van der Waals surface area contributed by atoms with Crippen molar-refractivity contribution in [1.82, 2.24) is 29.9 Å². The van der Waals surface area contributed by atoms with E-state index in [1.54, 1.807) is 0 Å². The van der Waals surface area contributed by atoms with Gasteiger partial charge in [-0.25, -0.2) is 29.9 Å². The highest BCUT2D eigenvalue weighted by Crippen LogP contribution is 2.56. The third kappa shape index (κ3) is 10.4. The zero-order valence-electron chi connectivity index (χ0n) is 42.9. The van der Waals surface area contributed by atoms with Crippen LogP contribution in [0.25, 0.3) is 113 Å². The van der Waals surface area contributed by atoms with E-state index in [0.717, 1.165) is 68.8 Å². The van der Waals surface area contributed by atoms with Gasteiger partial charge in [-0.05, 0) is 79.9 Å². The molecule has 12 aromatic rings. The van der Waals surface area contributed by atoms with Gasteiger partial charge in [0.25, 0.3) is 0 Å². The molecule has 0 spiro atoms. The van der Waals surface area contributed by atoms with Crippen molar-refractivity contribution in [2.24, 2.45) is 0 Å². The zero-order chi connectivity index (χ0) is 55.6. The van der Waals surface area contributed by atoms with Crippen molar-refractivity contribution >= 4 is 0 Å². The molecule has 0 radical (unpaired) electrons. The molecule has 392 valence electrons. The quantitative estimate of drug-likeness (QED) is 0.113. The Labute approximate surface area is 462 Å². The van der Waals surface area contributed by atoms with Crippen LogP contribution < -0.4 is 0 Å². The molecular formula is C69H44F6N6. The van der Waals surface area contributed by atoms with E-state index >= 15 is 26.3 Å². The molecule has 0 amide bonds. The summed E-state index contributed by atoms with van der Waals surface area (Å²) >= 11 is 0. The second-order valence-corrected chi connectivity index (χ2v) is 19.3. The average Bonchev–Trinajstić information content (AvgIpc) is 3.51. The van der Waals surface area contributed by atoms with Crippen LogP contribution in [0.4, 0.5) is 26.3 Å². The van der Waals surface area contributed by atoms with Gasteiger partial charge in [0, 0.05) is 33.4 Å². The maximum absolute atomic E-state index is 15.9. The standard InChI is InChI=1S/C69H44F6N6/c70-68(71,72)67(69(73,74)75,59-37-33-49(34-38-59)61-76-63(55-29-13-25-51(41-55)45-17-5-1-6-18-45)80-64(77-61)56-30-14-26-52(42-56)46-19-7-2-8-20-46)60-39-35-50(36-40-60)62-78-65(57-31-15-27-53(43-57)47-21-9-3-10-22-47)81-66(79-62)58-32-16-28-54(44-58)48-23-11-4-12-24-48/h1-44H. The molecule has 12 rings (SSSR count). The van der Waals surface area contributed by atoms with Crippen LogP contribution in [0, 0.1) is 0 Å². The van der Waals surface area contributed by atoms with Crippen molar-refractivity contribution < 1.29 is 26.3 Å². The normalized spacial score (nSPS) is 11.8. The van der Waals surface area contributed by atoms with Crippen LogP contribution in [-0.2, 0) is 5.41 Å². The minimum atomic E-state index is -5.88. The first kappa shape index (κ1) is 51.6. The first-order valence-electron chi connectivity index (χ1n) is 25.9. The molecule has 0 N–H and O–H groups in total. The molecule has 0 saturated carbocycles. The SMILES string of the molecule is FC(F)(F)C(c1ccc(-c2nc(-c3cccc(-c4ccccc4)c3)nc(-c3cccc(-c4ccccc4)c3)n2)cc1)(c1ccc(-c2nc(-c3cccc(-c4ccccc4)c3)nc(-c3cccc(-c4ccccc4)c3)n2)cc1)C(F)(F)F. The first-order valence-corrected chi connectivity index (χ1v) is 25.9. The van der Waals surface area contributed by atoms with E-state index < -0.39 is 28.9 Å². The molecule has 6 nitrogen and oxygen atoms in total. The van der Waals surface area contributed by atoms with Crippen LogP contribution >= 0.6 is 0 Å². The molecule has 10 aromatic carbocycles. The molecular weight excluding hydrogens is 1030 g/mol. The Hall–Kier alpha value is -10.2. The van der Waals surface area contributed by atoms with Crippen LogP contribution in [0.1, 0.15) is 11.1 Å². The summed E-state index contributed by atoms with van der Waals surface area (Å²) < 4.78 is 95.3. The predicted molar refractivity (Wildman–Crippen MR) is 307 cm³/mol. The topological polar surface area (TPSA) is 77.3 Å². The third-order valence-electron chi connectivity index (χ3n) is 14.2. The second-order valence-electron chi connectivity index (χ2n) is 19.3. The van der Waals surface area contributed by atoms with Gasteiger partial charge in [0.05, 0.1) is 0 Å². The molecule has 2 heterocycles. The highest BCUT2D eigenvalue weighted by atomic mass is 19.4. The highest BCUT2D eigenvalue weighted by Gasteiger charge is 2.72. The average molecular weight is 1070 g/mol. The van der Waals surface area contributed by atoms with Crippen LogP contribution in [0.15, 0.2) is 267 Å². The van der Waals surface area contributed by atoms with E-state index in [0.29, 0.717) is 22.3 Å². The van der Waals surface area contributed by atoms with E-state index in [4.69, 9.17) is 29.9 Å². The third-order valence-corrected chi connectivity index (χ3v) is 14.2. The number of nitrogens with zero attached hydrogens (tertiary/aromatic N) is 6. The lowest BCUT2D eigenvalue weighted by Crippen LogP contribution is -2.54. The van der Waals surface area contributed by atoms with Gasteiger partial charge in [-0.2, -0.15) is 26.3 Å². The molecule has 0 saturated heterocycles. The molecule has 0 unspecified atom stereocenters. The zero-order valence-corrected chi connectivity index (χ0v) is 42.9. The lowest BCUT2D eigenvalue weighted by molar-refractivity contribution is -0.288. The number of alkyl halides is 6. The predicted octanol–water partition coefficient (Wildman–Crippen LogP) is 18.1. The molecule has 0 aliphatic heterocycles. The van der Waals surface area contributed by atoms with Gasteiger partial charge in [0.2, 0.25) is 5.41 Å². The lowest BCUT2D eigenvalue weighted by Gasteiger charge is -2.38. The van der Waals surface area contributed by atoms with Gasteiger partial charge < -0.3 is 0 Å². The minimum Gasteiger partial charge on any atom is -0.208 e. The Balaban J connectivity index is 0.946. The molecule has 0 aliphatic carbocycles. The Morgan fingerprint density at radius 2 is 0.383 bits per heavy atom. The number of aromatic nitrogens is 6. The summed E-state index contributed by atoms with van der Waals surface area (Å²) in [5.74, 6) is 1.09. The maximum atomic E-state index is 15.9. The molecule has 0 atom stereocenters. The van der Waals surface area contributed by atoms with Crippen molar-refractivity contribution in [1.29, 1.82) is 0 Å². The van der Waals surface area contributed by atoms with Crippen molar-refractivity contribution in [2.75, 3.05) is 0 Å². The van der Waals surface area contributed by atoms with Crippen LogP contribution in [0.2, 0.25) is 0 Å². The monoisotopic (exact) mass is 1070 g/mol. The van der Waals surface area contributed by atoms with Gasteiger partial charge in [0.1, 0.15) is 0 Å². The number of hydrogen-bond donors (Lipinski definition) is 0. The van der Waals surface area contributed by atoms with Crippen molar-refractivity contribution in [3.05, 3.63) is 278 Å². The fraction of sp³-hybridized carbons (Fsp3) is 0.0435. The van der Waals surface area contributed by atoms with E-state index in [2.05, 4.69) is 0 Å². The van der Waals surface area contributed by atoms with Gasteiger partial charge in [-0.1, -0.05) is 243 Å². The number of halogens is 6. The van der Waals surface area contributed by atoms with E-state index in [1.807, 2.05) is 218 Å². The van der Waals surface area contributed by atoms with Gasteiger partial charge in [0.15, 0.2) is 34.9 Å². The summed E-state index contributed by atoms with van der Waals surface area (Å²) in [6.45, 7) is 0. The number of rotatable bonds is 12. The van der Waals surface area contributed by atoms with Gasteiger partial charge >= 0.3 is 12.4 Å². The number of benzene rings is 10. The highest BCUT2D eigenvalue weighted by molar-refractivity contribution is 5.77. The summed E-state index contributed by atoms with van der Waals surface area (Å²) in [7, 11) is 0. The van der Waals surface area contributed by atoms with Crippen molar-refractivity contribution in [3.8, 4) is 113 Å². The Kier molecular flexibility index (Phi) is 13.7. The van der Waals surface area contributed by atoms with Crippen molar-refractivity contribution in [3.63, 3.8) is 0 Å². The Morgan fingerprint density at radius 3 is 0.605 bits per heavy atom. The molecule has 81 heavy (non-hydrogen) atoms. The van der Waals surface area contributed by atoms with Crippen LogP contribution in [0.5, 0.6) is 0 Å². The van der Waals surface area contributed by atoms with E-state index in [1.165, 1.54) is 24.3 Å². The summed E-state index contributed by atoms with van der Waals surface area (Å²) in [4.78, 5) is 29.0. The molecule has 0 aliphatic rings. The van der Waals surface area contributed by atoms with Gasteiger partial charge in [-0.3, -0.25) is 0 Å². The molecule has 2 aromatic heterocycles. The summed E-state index contributed by atoms with van der Waals surface area (Å²) in [6.07, 6.45) is -11.8. The maximum Gasteiger partial charge on any atom is 0.411 e. The van der Waals surface area contributed by atoms with Crippen molar-refractivity contribution in [2.45, 2.75) is 17.8 Å². The fourth-order valence-corrected chi connectivity index (χ4v) is 10.1. The van der Waals surface area contributed by atoms with E-state index in [-0.39, 0.29) is 46.1 Å². The minimum absolute atomic E-state index is 0.0421. The Morgan fingerprint density at radius 1 is 0.185 bits per heavy atom. The summed E-state index contributed by atoms with van der Waals surface area (Å²) in [6, 6.07) is 77.2. The molecule has 0 bridgehead atoms. The molecule has 0 fully saturated rings. The summed E-state index contributed by atoms with van der Waals surface area (Å²) in [5.41, 5.74) is 3.54. The lowest BCUT2D eigenvalue weighted by atomic mass is 9.72. The Bertz CT molecular complexity index is 3700. The van der Waals surface area contributed by atoms with Crippen LogP contribution in [-0.4, -0.2) is 42.3 Å². The molecule has 12 heteroatoms. The van der Waals surface area contributed by atoms with Crippen LogP contribution in [0.3, 0.4) is 0 Å².